The molecule has 1 aromatic carbocycles. The fraction of sp³-hybridized carbons (Fsp3) is 0.455. The summed E-state index contributed by atoms with van der Waals surface area (Å²) in [5.74, 6) is 0. The Bertz CT molecular complexity index is 656. The van der Waals surface area contributed by atoms with E-state index in [1.165, 1.54) is 18.2 Å². The van der Waals surface area contributed by atoms with Crippen molar-refractivity contribution in [2.45, 2.75) is 35.6 Å². The molecule has 7 nitrogen and oxygen atoms in total. The fourth-order valence-corrected chi connectivity index (χ4v) is 3.64. The molecule has 20 heavy (non-hydrogen) atoms. The predicted molar refractivity (Wildman–Crippen MR) is 75.9 cm³/mol. The van der Waals surface area contributed by atoms with Gasteiger partial charge in [-0.2, -0.15) is 0 Å². The second-order valence-corrected chi connectivity index (χ2v) is 7.64. The van der Waals surface area contributed by atoms with Crippen molar-refractivity contribution < 1.29 is 16.8 Å². The topological polar surface area (TPSA) is 132 Å². The number of sulfonamides is 2. The van der Waals surface area contributed by atoms with E-state index in [-0.39, 0.29) is 22.4 Å². The van der Waals surface area contributed by atoms with Gasteiger partial charge in [-0.25, -0.2) is 26.7 Å². The predicted octanol–water partition coefficient (Wildman–Crippen LogP) is -0.260. The average Bonchev–Trinajstić information content (AvgIpc) is 2.37. The van der Waals surface area contributed by atoms with Gasteiger partial charge >= 0.3 is 0 Å². The summed E-state index contributed by atoms with van der Waals surface area (Å²) in [6, 6.07) is 4.50. The highest BCUT2D eigenvalue weighted by molar-refractivity contribution is 7.90. The monoisotopic (exact) mass is 321 g/mol. The van der Waals surface area contributed by atoms with Crippen LogP contribution in [-0.4, -0.2) is 29.4 Å². The summed E-state index contributed by atoms with van der Waals surface area (Å²) in [6.45, 7) is 2.08. The summed E-state index contributed by atoms with van der Waals surface area (Å²) in [4.78, 5) is -0.404. The third kappa shape index (κ3) is 4.53. The molecule has 5 N–H and O–H groups in total. The van der Waals surface area contributed by atoms with Crippen molar-refractivity contribution in [2.75, 3.05) is 6.54 Å². The Balaban J connectivity index is 3.10. The highest BCUT2D eigenvalue weighted by atomic mass is 32.2. The fourth-order valence-electron chi connectivity index (χ4n) is 1.68. The van der Waals surface area contributed by atoms with Crippen molar-refractivity contribution in [1.29, 1.82) is 0 Å². The molecule has 0 aliphatic rings. The first-order chi connectivity index (χ1) is 9.20. The van der Waals surface area contributed by atoms with E-state index < -0.39 is 20.0 Å². The van der Waals surface area contributed by atoms with Crippen LogP contribution < -0.4 is 15.6 Å². The van der Waals surface area contributed by atoms with Crippen molar-refractivity contribution in [2.24, 2.45) is 10.9 Å². The summed E-state index contributed by atoms with van der Waals surface area (Å²) in [6.07, 6.45) is 1.38. The van der Waals surface area contributed by atoms with Crippen LogP contribution in [0.2, 0.25) is 0 Å². The van der Waals surface area contributed by atoms with Crippen LogP contribution in [0.4, 0.5) is 0 Å². The molecule has 0 amide bonds. The molecule has 0 bridgehead atoms. The minimum atomic E-state index is -3.95. The summed E-state index contributed by atoms with van der Waals surface area (Å²) >= 11 is 0. The average molecular weight is 321 g/mol. The molecular formula is C11H19N3O4S2. The number of primary sulfonamides is 1. The lowest BCUT2D eigenvalue weighted by Crippen LogP contribution is -2.40. The maximum Gasteiger partial charge on any atom is 0.240 e. The van der Waals surface area contributed by atoms with Gasteiger partial charge in [0.05, 0.1) is 9.79 Å². The maximum absolute atomic E-state index is 12.2. The molecular weight excluding hydrogens is 302 g/mol. The van der Waals surface area contributed by atoms with Crippen molar-refractivity contribution in [3.8, 4) is 0 Å². The van der Waals surface area contributed by atoms with Gasteiger partial charge in [0.2, 0.25) is 20.0 Å². The van der Waals surface area contributed by atoms with E-state index in [0.29, 0.717) is 6.42 Å². The second kappa shape index (κ2) is 6.64. The molecule has 0 saturated carbocycles. The minimum absolute atomic E-state index is 0.154. The zero-order valence-corrected chi connectivity index (χ0v) is 12.7. The number of nitrogens with one attached hydrogen (secondary N) is 1. The summed E-state index contributed by atoms with van der Waals surface area (Å²) in [7, 11) is -7.77. The lowest BCUT2D eigenvalue weighted by atomic mass is 10.2. The summed E-state index contributed by atoms with van der Waals surface area (Å²) in [5, 5.41) is 4.98. The normalized spacial score (nSPS) is 14.2. The smallest absolute Gasteiger partial charge is 0.240 e. The third-order valence-corrected chi connectivity index (χ3v) is 5.12. The molecule has 0 spiro atoms. The largest absolute Gasteiger partial charge is 0.329 e. The Morgan fingerprint density at radius 3 is 2.30 bits per heavy atom. The van der Waals surface area contributed by atoms with Gasteiger partial charge in [-0.1, -0.05) is 19.4 Å². The van der Waals surface area contributed by atoms with E-state index in [4.69, 9.17) is 10.9 Å². The van der Waals surface area contributed by atoms with E-state index in [1.807, 2.05) is 6.92 Å². The van der Waals surface area contributed by atoms with E-state index in [9.17, 15) is 16.8 Å². The highest BCUT2D eigenvalue weighted by Gasteiger charge is 2.20. The third-order valence-electron chi connectivity index (χ3n) is 2.69. The van der Waals surface area contributed by atoms with Gasteiger partial charge in [0, 0.05) is 12.6 Å². The van der Waals surface area contributed by atoms with E-state index in [1.54, 1.807) is 0 Å². The summed E-state index contributed by atoms with van der Waals surface area (Å²) < 4.78 is 49.2. The number of benzene rings is 1. The molecule has 114 valence electrons. The Morgan fingerprint density at radius 1 is 1.20 bits per heavy atom. The van der Waals surface area contributed by atoms with E-state index >= 15 is 0 Å². The number of rotatable bonds is 7. The van der Waals surface area contributed by atoms with Gasteiger partial charge in [-0.15, -0.1) is 0 Å². The number of hydrogen-bond donors (Lipinski definition) is 3. The summed E-state index contributed by atoms with van der Waals surface area (Å²) in [5.41, 5.74) is 5.50. The molecule has 0 radical (unpaired) electrons. The van der Waals surface area contributed by atoms with Crippen LogP contribution in [-0.2, 0) is 20.0 Å². The lowest BCUT2D eigenvalue weighted by molar-refractivity contribution is 0.527. The van der Waals surface area contributed by atoms with Crippen LogP contribution in [0.5, 0.6) is 0 Å². The zero-order chi connectivity index (χ0) is 15.4. The van der Waals surface area contributed by atoms with Crippen LogP contribution in [0.25, 0.3) is 0 Å². The van der Waals surface area contributed by atoms with Crippen molar-refractivity contribution in [3.05, 3.63) is 24.3 Å². The molecule has 0 aliphatic heterocycles. The molecule has 0 aliphatic carbocycles. The van der Waals surface area contributed by atoms with Gasteiger partial charge in [0.25, 0.3) is 0 Å². The molecule has 1 unspecified atom stereocenters. The minimum Gasteiger partial charge on any atom is -0.329 e. The molecule has 1 aromatic rings. The Labute approximate surface area is 119 Å². The first-order valence-electron chi connectivity index (χ1n) is 6.06. The molecule has 0 heterocycles. The number of nitrogens with two attached hydrogens (primary N) is 2. The van der Waals surface area contributed by atoms with Crippen molar-refractivity contribution in [1.82, 2.24) is 4.72 Å². The van der Waals surface area contributed by atoms with Gasteiger partial charge in [-0.3, -0.25) is 0 Å². The van der Waals surface area contributed by atoms with Gasteiger partial charge < -0.3 is 5.73 Å². The highest BCUT2D eigenvalue weighted by Crippen LogP contribution is 2.15. The second-order valence-electron chi connectivity index (χ2n) is 4.36. The maximum atomic E-state index is 12.2. The lowest BCUT2D eigenvalue weighted by Gasteiger charge is -2.16. The molecule has 1 rings (SSSR count). The Hall–Kier alpha value is -1.00. The van der Waals surface area contributed by atoms with Crippen molar-refractivity contribution in [3.63, 3.8) is 0 Å². The molecule has 0 fully saturated rings. The SMILES string of the molecule is CCCC(CN)NS(=O)(=O)c1cccc(S(N)(=O)=O)c1. The molecule has 1 atom stereocenters. The van der Waals surface area contributed by atoms with Crippen LogP contribution in [0.1, 0.15) is 19.8 Å². The van der Waals surface area contributed by atoms with Gasteiger partial charge in [0.15, 0.2) is 0 Å². The van der Waals surface area contributed by atoms with Crippen LogP contribution in [0.15, 0.2) is 34.1 Å². The standard InChI is InChI=1S/C11H19N3O4S2/c1-2-4-9(8-12)14-20(17,18)11-6-3-5-10(7-11)19(13,15)16/h3,5-7,9,14H,2,4,8,12H2,1H3,(H2,13,15,16). The first kappa shape index (κ1) is 17.1. The Morgan fingerprint density at radius 2 is 1.80 bits per heavy atom. The van der Waals surface area contributed by atoms with E-state index in [2.05, 4.69) is 4.72 Å². The van der Waals surface area contributed by atoms with E-state index in [0.717, 1.165) is 12.5 Å². The van der Waals surface area contributed by atoms with Crippen LogP contribution in [0.3, 0.4) is 0 Å². The van der Waals surface area contributed by atoms with Crippen LogP contribution >= 0.6 is 0 Å². The van der Waals surface area contributed by atoms with Crippen molar-refractivity contribution >= 4 is 20.0 Å². The zero-order valence-electron chi connectivity index (χ0n) is 11.1. The molecule has 0 saturated heterocycles. The van der Waals surface area contributed by atoms with Gasteiger partial charge in [0.1, 0.15) is 0 Å². The van der Waals surface area contributed by atoms with Crippen LogP contribution in [0, 0.1) is 0 Å². The van der Waals surface area contributed by atoms with Gasteiger partial charge in [-0.05, 0) is 24.6 Å². The number of hydrogen-bond acceptors (Lipinski definition) is 5. The Kier molecular flexibility index (Phi) is 5.66. The first-order valence-corrected chi connectivity index (χ1v) is 9.09. The molecule has 9 heteroatoms. The molecule has 0 aromatic heterocycles. The quantitative estimate of drug-likeness (QED) is 0.636.